The predicted molar refractivity (Wildman–Crippen MR) is 81.5 cm³/mol. The third kappa shape index (κ3) is 2.64. The molecule has 1 aliphatic rings. The molecule has 0 spiro atoms. The fourth-order valence-corrected chi connectivity index (χ4v) is 2.83. The molecule has 2 aromatic carbocycles. The van der Waals surface area contributed by atoms with Crippen LogP contribution in [0.1, 0.15) is 33.0 Å². The van der Waals surface area contributed by atoms with Crippen LogP contribution in [0.2, 0.25) is 0 Å². The first kappa shape index (κ1) is 13.7. The van der Waals surface area contributed by atoms with Gasteiger partial charge in [-0.25, -0.2) is 0 Å². The van der Waals surface area contributed by atoms with Crippen LogP contribution in [-0.4, -0.2) is 19.5 Å². The van der Waals surface area contributed by atoms with Gasteiger partial charge in [-0.05, 0) is 43.2 Å². The van der Waals surface area contributed by atoms with E-state index < -0.39 is 0 Å². The first-order chi connectivity index (χ1) is 10.2. The molecular formula is C18H18O3. The van der Waals surface area contributed by atoms with Crippen LogP contribution in [0.15, 0.2) is 36.4 Å². The zero-order valence-corrected chi connectivity index (χ0v) is 12.3. The zero-order chi connectivity index (χ0) is 14.8. The van der Waals surface area contributed by atoms with Crippen LogP contribution in [-0.2, 0) is 0 Å². The summed E-state index contributed by atoms with van der Waals surface area (Å²) in [6.45, 7) is 5.17. The number of aldehydes is 1. The van der Waals surface area contributed by atoms with Crippen molar-refractivity contribution in [3.05, 3.63) is 58.7 Å². The van der Waals surface area contributed by atoms with Gasteiger partial charge in [-0.1, -0.05) is 18.2 Å². The molecule has 3 heteroatoms. The minimum atomic E-state index is 0.255. The van der Waals surface area contributed by atoms with Crippen molar-refractivity contribution in [3.63, 3.8) is 0 Å². The molecule has 0 N–H and O–H groups in total. The lowest BCUT2D eigenvalue weighted by molar-refractivity contribution is 0.112. The summed E-state index contributed by atoms with van der Waals surface area (Å²) in [7, 11) is 0. The molecule has 0 fully saturated rings. The maximum Gasteiger partial charge on any atom is 0.150 e. The van der Waals surface area contributed by atoms with Gasteiger partial charge in [-0.3, -0.25) is 4.79 Å². The molecule has 21 heavy (non-hydrogen) atoms. The highest BCUT2D eigenvalue weighted by atomic mass is 16.5. The highest BCUT2D eigenvalue weighted by Crippen LogP contribution is 2.34. The molecule has 0 saturated heterocycles. The summed E-state index contributed by atoms with van der Waals surface area (Å²) in [6, 6.07) is 11.8. The van der Waals surface area contributed by atoms with Crippen molar-refractivity contribution in [1.82, 2.24) is 0 Å². The van der Waals surface area contributed by atoms with Gasteiger partial charge in [0, 0.05) is 11.1 Å². The molecule has 1 unspecified atom stereocenters. The maximum absolute atomic E-state index is 10.9. The van der Waals surface area contributed by atoms with Crippen LogP contribution in [0, 0.1) is 13.8 Å². The van der Waals surface area contributed by atoms with Crippen LogP contribution in [0.4, 0.5) is 0 Å². The number of hydrogen-bond acceptors (Lipinski definition) is 3. The Bertz CT molecular complexity index is 653. The predicted octanol–water partition coefficient (Wildman–Crippen LogP) is 3.67. The largest absolute Gasteiger partial charge is 0.493 e. The Balaban J connectivity index is 1.76. The minimum absolute atomic E-state index is 0.255. The van der Waals surface area contributed by atoms with Crippen LogP contribution in [0.3, 0.4) is 0 Å². The van der Waals surface area contributed by atoms with Crippen molar-refractivity contribution in [2.24, 2.45) is 0 Å². The lowest BCUT2D eigenvalue weighted by Gasteiger charge is -2.15. The van der Waals surface area contributed by atoms with Gasteiger partial charge in [0.2, 0.25) is 0 Å². The van der Waals surface area contributed by atoms with E-state index in [1.165, 1.54) is 5.56 Å². The lowest BCUT2D eigenvalue weighted by Crippen LogP contribution is -2.12. The summed E-state index contributed by atoms with van der Waals surface area (Å²) in [5, 5.41) is 0. The summed E-state index contributed by atoms with van der Waals surface area (Å²) in [6.07, 6.45) is 0.866. The van der Waals surface area contributed by atoms with Gasteiger partial charge in [0.25, 0.3) is 0 Å². The normalized spacial score (nSPS) is 16.2. The number of aryl methyl sites for hydroxylation is 2. The number of ether oxygens (including phenoxy) is 2. The van der Waals surface area contributed by atoms with Crippen molar-refractivity contribution >= 4 is 6.29 Å². The molecule has 0 aromatic heterocycles. The Morgan fingerprint density at radius 3 is 2.67 bits per heavy atom. The molecule has 0 amide bonds. The minimum Gasteiger partial charge on any atom is -0.493 e. The topological polar surface area (TPSA) is 35.5 Å². The molecule has 0 radical (unpaired) electrons. The molecule has 0 bridgehead atoms. The van der Waals surface area contributed by atoms with E-state index in [0.717, 1.165) is 28.9 Å². The van der Waals surface area contributed by atoms with E-state index in [0.29, 0.717) is 18.8 Å². The summed E-state index contributed by atoms with van der Waals surface area (Å²) in [4.78, 5) is 10.9. The first-order valence-electron chi connectivity index (χ1n) is 7.10. The molecule has 3 rings (SSSR count). The molecule has 1 aliphatic heterocycles. The van der Waals surface area contributed by atoms with Crippen LogP contribution in [0.5, 0.6) is 11.5 Å². The average molecular weight is 282 g/mol. The van der Waals surface area contributed by atoms with Crippen molar-refractivity contribution in [2.45, 2.75) is 19.8 Å². The summed E-state index contributed by atoms with van der Waals surface area (Å²) in [5.74, 6) is 2.08. The number of fused-ring (bicyclic) bond motifs is 1. The fourth-order valence-electron chi connectivity index (χ4n) is 2.83. The molecule has 3 nitrogen and oxygen atoms in total. The number of hydrogen-bond donors (Lipinski definition) is 0. The van der Waals surface area contributed by atoms with Crippen molar-refractivity contribution in [3.8, 4) is 11.5 Å². The van der Waals surface area contributed by atoms with E-state index in [2.05, 4.69) is 6.07 Å². The maximum atomic E-state index is 10.9. The third-order valence-electron chi connectivity index (χ3n) is 3.85. The number of carbonyl (C=O) groups is 1. The lowest BCUT2D eigenvalue weighted by atomic mass is 10.0. The second-order valence-corrected chi connectivity index (χ2v) is 5.46. The second kappa shape index (κ2) is 5.60. The Morgan fingerprint density at radius 2 is 1.95 bits per heavy atom. The molecule has 0 aliphatic carbocycles. The summed E-state index contributed by atoms with van der Waals surface area (Å²) < 4.78 is 11.7. The standard InChI is InChI=1S/C18H18O3/c1-12-7-14(9-19)8-13(2)18(12)21-11-15-10-20-17-6-4-3-5-16(15)17/h3-9,15H,10-11H2,1-2H3. The van der Waals surface area contributed by atoms with Crippen LogP contribution in [0.25, 0.3) is 0 Å². The SMILES string of the molecule is Cc1cc(C=O)cc(C)c1OCC1COc2ccccc21. The highest BCUT2D eigenvalue weighted by Gasteiger charge is 2.24. The van der Waals surface area contributed by atoms with Crippen molar-refractivity contribution in [2.75, 3.05) is 13.2 Å². The highest BCUT2D eigenvalue weighted by molar-refractivity contribution is 5.76. The van der Waals surface area contributed by atoms with Gasteiger partial charge in [-0.2, -0.15) is 0 Å². The van der Waals surface area contributed by atoms with E-state index in [1.54, 1.807) is 0 Å². The molecule has 2 aromatic rings. The van der Waals surface area contributed by atoms with Gasteiger partial charge in [-0.15, -0.1) is 0 Å². The van der Waals surface area contributed by atoms with E-state index in [-0.39, 0.29) is 5.92 Å². The quantitative estimate of drug-likeness (QED) is 0.803. The van der Waals surface area contributed by atoms with Gasteiger partial charge in [0.05, 0.1) is 19.1 Å². The molecular weight excluding hydrogens is 264 g/mol. The third-order valence-corrected chi connectivity index (χ3v) is 3.85. The number of rotatable bonds is 4. The number of carbonyl (C=O) groups excluding carboxylic acids is 1. The average Bonchev–Trinajstić information content (AvgIpc) is 2.89. The fraction of sp³-hybridized carbons (Fsp3) is 0.278. The molecule has 0 saturated carbocycles. The number of para-hydroxylation sites is 1. The van der Waals surface area contributed by atoms with E-state index in [9.17, 15) is 4.79 Å². The smallest absolute Gasteiger partial charge is 0.150 e. The number of benzene rings is 2. The molecule has 1 atom stereocenters. The summed E-state index contributed by atoms with van der Waals surface area (Å²) >= 11 is 0. The Kier molecular flexibility index (Phi) is 3.65. The van der Waals surface area contributed by atoms with Gasteiger partial charge >= 0.3 is 0 Å². The Morgan fingerprint density at radius 1 is 1.24 bits per heavy atom. The Hall–Kier alpha value is -2.29. The monoisotopic (exact) mass is 282 g/mol. The second-order valence-electron chi connectivity index (χ2n) is 5.46. The Labute approximate surface area is 124 Å². The zero-order valence-electron chi connectivity index (χ0n) is 12.3. The van der Waals surface area contributed by atoms with Crippen molar-refractivity contribution in [1.29, 1.82) is 0 Å². The van der Waals surface area contributed by atoms with Crippen LogP contribution < -0.4 is 9.47 Å². The molecule has 108 valence electrons. The van der Waals surface area contributed by atoms with Crippen molar-refractivity contribution < 1.29 is 14.3 Å². The van der Waals surface area contributed by atoms with Gasteiger partial charge < -0.3 is 9.47 Å². The van der Waals surface area contributed by atoms with E-state index >= 15 is 0 Å². The molecule has 1 heterocycles. The van der Waals surface area contributed by atoms with E-state index in [1.807, 2.05) is 44.2 Å². The van der Waals surface area contributed by atoms with Gasteiger partial charge in [0.15, 0.2) is 0 Å². The first-order valence-corrected chi connectivity index (χ1v) is 7.10. The summed E-state index contributed by atoms with van der Waals surface area (Å²) in [5.41, 5.74) is 3.87. The van der Waals surface area contributed by atoms with Gasteiger partial charge in [0.1, 0.15) is 17.8 Å². The van der Waals surface area contributed by atoms with E-state index in [4.69, 9.17) is 9.47 Å². The van der Waals surface area contributed by atoms with Crippen LogP contribution >= 0.6 is 0 Å².